The zero-order chi connectivity index (χ0) is 12.4. The van der Waals surface area contributed by atoms with Gasteiger partial charge in [0.15, 0.2) is 0 Å². The molecule has 0 heterocycles. The molecule has 0 radical (unpaired) electrons. The highest BCUT2D eigenvalue weighted by Gasteiger charge is 2.64. The third-order valence-corrected chi connectivity index (χ3v) is 5.17. The third kappa shape index (κ3) is 2.61. The van der Waals surface area contributed by atoms with E-state index in [0.717, 1.165) is 12.0 Å². The maximum absolute atomic E-state index is 3.80. The molecule has 1 fully saturated rings. The normalized spacial score (nSPS) is 24.4. The summed E-state index contributed by atoms with van der Waals surface area (Å²) < 4.78 is 0. The van der Waals surface area contributed by atoms with E-state index in [1.807, 2.05) is 0 Å². The van der Waals surface area contributed by atoms with Crippen LogP contribution in [0.4, 0.5) is 0 Å². The molecule has 0 aromatic rings. The summed E-state index contributed by atoms with van der Waals surface area (Å²) in [6.07, 6.45) is 5.43. The van der Waals surface area contributed by atoms with Crippen molar-refractivity contribution in [1.82, 2.24) is 5.32 Å². The van der Waals surface area contributed by atoms with Gasteiger partial charge in [0, 0.05) is 6.04 Å². The number of hydrogen-bond acceptors (Lipinski definition) is 1. The summed E-state index contributed by atoms with van der Waals surface area (Å²) in [7, 11) is 0. The van der Waals surface area contributed by atoms with Crippen molar-refractivity contribution in [3.63, 3.8) is 0 Å². The highest BCUT2D eigenvalue weighted by Crippen LogP contribution is 2.62. The maximum Gasteiger partial charge on any atom is 0.0181 e. The Kier molecular flexibility index (Phi) is 4.45. The van der Waals surface area contributed by atoms with Gasteiger partial charge in [0.1, 0.15) is 0 Å². The zero-order valence-corrected chi connectivity index (χ0v) is 12.2. The van der Waals surface area contributed by atoms with Crippen LogP contribution in [0.15, 0.2) is 0 Å². The Morgan fingerprint density at radius 1 is 1.06 bits per heavy atom. The molecule has 1 unspecified atom stereocenters. The van der Waals surface area contributed by atoms with Crippen LogP contribution < -0.4 is 5.32 Å². The number of rotatable bonds is 7. The van der Waals surface area contributed by atoms with Crippen molar-refractivity contribution in [2.75, 3.05) is 6.54 Å². The molecule has 1 nitrogen and oxygen atoms in total. The van der Waals surface area contributed by atoms with Crippen LogP contribution >= 0.6 is 0 Å². The van der Waals surface area contributed by atoms with Crippen molar-refractivity contribution in [2.24, 2.45) is 16.7 Å². The first-order chi connectivity index (χ1) is 7.37. The van der Waals surface area contributed by atoms with Gasteiger partial charge in [-0.25, -0.2) is 0 Å². The van der Waals surface area contributed by atoms with Crippen molar-refractivity contribution in [3.05, 3.63) is 0 Å². The van der Waals surface area contributed by atoms with Crippen LogP contribution in [0.5, 0.6) is 0 Å². The molecule has 0 aliphatic heterocycles. The van der Waals surface area contributed by atoms with E-state index < -0.39 is 0 Å². The van der Waals surface area contributed by atoms with Crippen LogP contribution in [0.25, 0.3) is 0 Å². The fourth-order valence-electron chi connectivity index (χ4n) is 2.93. The molecule has 1 aliphatic rings. The topological polar surface area (TPSA) is 12.0 Å². The fraction of sp³-hybridized carbons (Fsp3) is 1.00. The monoisotopic (exact) mass is 225 g/mol. The molecule has 0 amide bonds. The first-order valence-corrected chi connectivity index (χ1v) is 7.11. The lowest BCUT2D eigenvalue weighted by atomic mass is 9.99. The Hall–Kier alpha value is -0.0400. The van der Waals surface area contributed by atoms with Crippen molar-refractivity contribution in [3.8, 4) is 0 Å². The molecule has 1 atom stereocenters. The second-order valence-electron chi connectivity index (χ2n) is 6.70. The predicted molar refractivity (Wildman–Crippen MR) is 72.7 cm³/mol. The summed E-state index contributed by atoms with van der Waals surface area (Å²) in [5.74, 6) is 0.882. The van der Waals surface area contributed by atoms with Crippen LogP contribution in [0.1, 0.15) is 67.2 Å². The lowest BCUT2D eigenvalue weighted by molar-refractivity contribution is 0.402. The molecule has 1 aliphatic carbocycles. The minimum atomic E-state index is 0.482. The lowest BCUT2D eigenvalue weighted by Gasteiger charge is -2.16. The van der Waals surface area contributed by atoms with Crippen LogP contribution in [0.2, 0.25) is 0 Å². The van der Waals surface area contributed by atoms with Crippen LogP contribution in [-0.2, 0) is 0 Å². The van der Waals surface area contributed by atoms with E-state index in [1.165, 1.54) is 32.2 Å². The second-order valence-corrected chi connectivity index (χ2v) is 6.70. The lowest BCUT2D eigenvalue weighted by Crippen LogP contribution is -2.28. The third-order valence-electron chi connectivity index (χ3n) is 5.17. The molecule has 16 heavy (non-hydrogen) atoms. The van der Waals surface area contributed by atoms with Gasteiger partial charge in [0.05, 0.1) is 0 Å². The molecule has 0 bridgehead atoms. The molecule has 1 saturated carbocycles. The summed E-state index contributed by atoms with van der Waals surface area (Å²) in [6.45, 7) is 15.4. The first kappa shape index (κ1) is 14.0. The van der Waals surface area contributed by atoms with Crippen molar-refractivity contribution in [2.45, 2.75) is 73.3 Å². The number of unbranched alkanes of at least 4 members (excludes halogenated alkanes) is 1. The van der Waals surface area contributed by atoms with Gasteiger partial charge in [-0.15, -0.1) is 0 Å². The van der Waals surface area contributed by atoms with Crippen molar-refractivity contribution < 1.29 is 0 Å². The van der Waals surface area contributed by atoms with Crippen molar-refractivity contribution >= 4 is 0 Å². The Morgan fingerprint density at radius 2 is 1.62 bits per heavy atom. The van der Waals surface area contributed by atoms with Gasteiger partial charge in [-0.2, -0.15) is 0 Å². The molecular formula is C15H31N. The molecule has 0 aromatic heterocycles. The van der Waals surface area contributed by atoms with Gasteiger partial charge < -0.3 is 5.32 Å². The number of hydrogen-bond donors (Lipinski definition) is 1. The first-order valence-electron chi connectivity index (χ1n) is 7.11. The van der Waals surface area contributed by atoms with Gasteiger partial charge in [-0.1, -0.05) is 60.8 Å². The van der Waals surface area contributed by atoms with Gasteiger partial charge in [0.2, 0.25) is 0 Å². The van der Waals surface area contributed by atoms with Crippen LogP contribution in [0, 0.1) is 16.7 Å². The Labute approximate surface area is 102 Å². The van der Waals surface area contributed by atoms with E-state index in [2.05, 4.69) is 46.9 Å². The number of nitrogens with one attached hydrogen (secondary N) is 1. The molecule has 96 valence electrons. The Bertz CT molecular complexity index is 203. The molecule has 0 spiro atoms. The highest BCUT2D eigenvalue weighted by atomic mass is 15.0. The van der Waals surface area contributed by atoms with E-state index in [-0.39, 0.29) is 0 Å². The second kappa shape index (κ2) is 5.08. The van der Waals surface area contributed by atoms with E-state index in [0.29, 0.717) is 10.8 Å². The maximum atomic E-state index is 3.80. The van der Waals surface area contributed by atoms with Crippen molar-refractivity contribution in [1.29, 1.82) is 0 Å². The van der Waals surface area contributed by atoms with Gasteiger partial charge in [-0.3, -0.25) is 0 Å². The molecule has 1 heteroatoms. The molecular weight excluding hydrogens is 194 g/mol. The van der Waals surface area contributed by atoms with E-state index in [1.54, 1.807) is 0 Å². The quantitative estimate of drug-likeness (QED) is 0.684. The molecule has 0 saturated heterocycles. The minimum absolute atomic E-state index is 0.482. The Balaban J connectivity index is 2.29. The summed E-state index contributed by atoms with van der Waals surface area (Å²) in [4.78, 5) is 0. The minimum Gasteiger partial charge on any atom is -0.313 e. The standard InChI is InChI=1S/C15H31N/c1-7-9-10-12(8-2)11-16-13-14(3,4)15(13,5)6/h12-13,16H,7-11H2,1-6H3. The van der Waals surface area contributed by atoms with E-state index >= 15 is 0 Å². The largest absolute Gasteiger partial charge is 0.313 e. The molecule has 0 aromatic carbocycles. The predicted octanol–water partition coefficient (Wildman–Crippen LogP) is 4.23. The molecule has 1 rings (SSSR count). The summed E-state index contributed by atoms with van der Waals surface area (Å²) >= 11 is 0. The average molecular weight is 225 g/mol. The summed E-state index contributed by atoms with van der Waals surface area (Å²) in [6, 6.07) is 0.718. The van der Waals surface area contributed by atoms with Gasteiger partial charge in [-0.05, 0) is 29.7 Å². The van der Waals surface area contributed by atoms with E-state index in [9.17, 15) is 0 Å². The fourth-order valence-corrected chi connectivity index (χ4v) is 2.93. The summed E-state index contributed by atoms with van der Waals surface area (Å²) in [5.41, 5.74) is 0.964. The van der Waals surface area contributed by atoms with Crippen LogP contribution in [0.3, 0.4) is 0 Å². The highest BCUT2D eigenvalue weighted by molar-refractivity contribution is 5.17. The SMILES string of the molecule is CCCCC(CC)CNC1C(C)(C)C1(C)C. The van der Waals surface area contributed by atoms with Gasteiger partial charge in [0.25, 0.3) is 0 Å². The van der Waals surface area contributed by atoms with Gasteiger partial charge >= 0.3 is 0 Å². The molecule has 1 N–H and O–H groups in total. The zero-order valence-electron chi connectivity index (χ0n) is 12.2. The Morgan fingerprint density at radius 3 is 2.00 bits per heavy atom. The van der Waals surface area contributed by atoms with E-state index in [4.69, 9.17) is 0 Å². The van der Waals surface area contributed by atoms with Crippen LogP contribution in [-0.4, -0.2) is 12.6 Å². The average Bonchev–Trinajstić information content (AvgIpc) is 2.60. The smallest absolute Gasteiger partial charge is 0.0181 e. The summed E-state index contributed by atoms with van der Waals surface area (Å²) in [5, 5.41) is 3.80.